The number of para-hydroxylation sites is 1. The molecule has 23 heavy (non-hydrogen) atoms. The smallest absolute Gasteiger partial charge is 0.143 e. The Kier molecular flexibility index (Phi) is 3.18. The third-order valence-electron chi connectivity index (χ3n) is 3.93. The van der Waals surface area contributed by atoms with Crippen molar-refractivity contribution in [3.63, 3.8) is 0 Å². The molecule has 1 aromatic heterocycles. The Morgan fingerprint density at radius 2 is 1.39 bits per heavy atom. The highest BCUT2D eigenvalue weighted by atomic mass is 16.3. The summed E-state index contributed by atoms with van der Waals surface area (Å²) in [4.78, 5) is 0. The highest BCUT2D eigenvalue weighted by Gasteiger charge is 2.17. The van der Waals surface area contributed by atoms with E-state index in [9.17, 15) is 0 Å². The second-order valence-corrected chi connectivity index (χ2v) is 5.36. The first-order valence-electron chi connectivity index (χ1n) is 7.44. The van der Waals surface area contributed by atoms with Crippen LogP contribution in [0, 0.1) is 11.3 Å². The van der Waals surface area contributed by atoms with Gasteiger partial charge < -0.3 is 4.42 Å². The maximum Gasteiger partial charge on any atom is 0.143 e. The molecule has 4 aromatic rings. The summed E-state index contributed by atoms with van der Waals surface area (Å²) in [5.74, 6) is 0.858. The van der Waals surface area contributed by atoms with Gasteiger partial charge in [0.25, 0.3) is 0 Å². The van der Waals surface area contributed by atoms with Gasteiger partial charge in [-0.3, -0.25) is 0 Å². The SMILES string of the molecule is N#Cc1ccc(-c2c(-c3ccccc3)oc3ccccc23)cc1. The quantitative estimate of drug-likeness (QED) is 0.480. The molecule has 2 nitrogen and oxygen atoms in total. The van der Waals surface area contributed by atoms with Crippen molar-refractivity contribution in [2.45, 2.75) is 0 Å². The molecule has 0 N–H and O–H groups in total. The molecule has 0 aliphatic carbocycles. The monoisotopic (exact) mass is 295 g/mol. The Bertz CT molecular complexity index is 1010. The fourth-order valence-corrected chi connectivity index (χ4v) is 2.84. The van der Waals surface area contributed by atoms with Crippen LogP contribution in [0.15, 0.2) is 83.3 Å². The fourth-order valence-electron chi connectivity index (χ4n) is 2.84. The third kappa shape index (κ3) is 2.29. The summed E-state index contributed by atoms with van der Waals surface area (Å²) in [5, 5.41) is 10.1. The van der Waals surface area contributed by atoms with E-state index < -0.39 is 0 Å². The van der Waals surface area contributed by atoms with E-state index >= 15 is 0 Å². The lowest BCUT2D eigenvalue weighted by atomic mass is 9.98. The molecular formula is C21H13NO. The number of hydrogen-bond donors (Lipinski definition) is 0. The van der Waals surface area contributed by atoms with Gasteiger partial charge >= 0.3 is 0 Å². The molecule has 0 fully saturated rings. The van der Waals surface area contributed by atoms with Gasteiger partial charge in [0.1, 0.15) is 11.3 Å². The summed E-state index contributed by atoms with van der Waals surface area (Å²) >= 11 is 0. The third-order valence-corrected chi connectivity index (χ3v) is 3.93. The molecular weight excluding hydrogens is 282 g/mol. The van der Waals surface area contributed by atoms with Crippen LogP contribution in [0.4, 0.5) is 0 Å². The molecule has 0 saturated carbocycles. The molecule has 0 saturated heterocycles. The van der Waals surface area contributed by atoms with Gasteiger partial charge in [-0.15, -0.1) is 0 Å². The highest BCUT2D eigenvalue weighted by Crippen LogP contribution is 2.40. The van der Waals surface area contributed by atoms with Crippen molar-refractivity contribution in [1.82, 2.24) is 0 Å². The molecule has 108 valence electrons. The van der Waals surface area contributed by atoms with Gasteiger partial charge in [-0.05, 0) is 23.8 Å². The number of furan rings is 1. The molecule has 2 heteroatoms. The van der Waals surface area contributed by atoms with Crippen molar-refractivity contribution in [1.29, 1.82) is 5.26 Å². The summed E-state index contributed by atoms with van der Waals surface area (Å²) in [5.41, 5.74) is 4.68. The van der Waals surface area contributed by atoms with Crippen molar-refractivity contribution in [3.05, 3.63) is 84.4 Å². The molecule has 1 heterocycles. The Morgan fingerprint density at radius 3 is 2.13 bits per heavy atom. The van der Waals surface area contributed by atoms with Crippen LogP contribution in [0.5, 0.6) is 0 Å². The zero-order valence-corrected chi connectivity index (χ0v) is 12.4. The van der Waals surface area contributed by atoms with Gasteiger partial charge in [-0.25, -0.2) is 0 Å². The first-order valence-corrected chi connectivity index (χ1v) is 7.44. The molecule has 0 bridgehead atoms. The number of hydrogen-bond acceptors (Lipinski definition) is 2. The average Bonchev–Trinajstić information content (AvgIpc) is 3.02. The van der Waals surface area contributed by atoms with E-state index in [-0.39, 0.29) is 0 Å². The second-order valence-electron chi connectivity index (χ2n) is 5.36. The lowest BCUT2D eigenvalue weighted by Crippen LogP contribution is -1.82. The Balaban J connectivity index is 2.01. The molecule has 0 spiro atoms. The number of rotatable bonds is 2. The number of nitrogens with zero attached hydrogens (tertiary/aromatic N) is 1. The topological polar surface area (TPSA) is 36.9 Å². The van der Waals surface area contributed by atoms with E-state index in [0.717, 1.165) is 33.4 Å². The van der Waals surface area contributed by atoms with Crippen LogP contribution >= 0.6 is 0 Å². The fraction of sp³-hybridized carbons (Fsp3) is 0. The van der Waals surface area contributed by atoms with Crippen LogP contribution in [0.2, 0.25) is 0 Å². The van der Waals surface area contributed by atoms with Crippen molar-refractivity contribution < 1.29 is 4.42 Å². The van der Waals surface area contributed by atoms with Gasteiger partial charge in [-0.1, -0.05) is 60.7 Å². The lowest BCUT2D eigenvalue weighted by Gasteiger charge is -2.04. The van der Waals surface area contributed by atoms with Crippen LogP contribution in [-0.4, -0.2) is 0 Å². The van der Waals surface area contributed by atoms with E-state index in [1.165, 1.54) is 0 Å². The highest BCUT2D eigenvalue weighted by molar-refractivity contribution is 6.01. The molecule has 0 aliphatic heterocycles. The second kappa shape index (κ2) is 5.47. The first kappa shape index (κ1) is 13.4. The van der Waals surface area contributed by atoms with Gasteiger partial charge in [0, 0.05) is 16.5 Å². The molecule has 0 aliphatic rings. The Morgan fingerprint density at radius 1 is 0.696 bits per heavy atom. The Labute approximate surface area is 134 Å². The zero-order valence-electron chi connectivity index (χ0n) is 12.4. The van der Waals surface area contributed by atoms with E-state index in [1.54, 1.807) is 0 Å². The minimum absolute atomic E-state index is 0.655. The van der Waals surface area contributed by atoms with Crippen LogP contribution in [0.25, 0.3) is 33.4 Å². The van der Waals surface area contributed by atoms with Crippen LogP contribution in [-0.2, 0) is 0 Å². The van der Waals surface area contributed by atoms with Crippen LogP contribution in [0.1, 0.15) is 5.56 Å². The Hall–Kier alpha value is -3.31. The molecule has 0 radical (unpaired) electrons. The predicted octanol–water partition coefficient (Wildman–Crippen LogP) is 5.64. The summed E-state index contributed by atoms with van der Waals surface area (Å²) in [7, 11) is 0. The number of fused-ring (bicyclic) bond motifs is 1. The summed E-state index contributed by atoms with van der Waals surface area (Å²) in [6.45, 7) is 0. The average molecular weight is 295 g/mol. The maximum absolute atomic E-state index is 8.99. The van der Waals surface area contributed by atoms with Gasteiger partial charge in [-0.2, -0.15) is 5.26 Å². The largest absolute Gasteiger partial charge is 0.455 e. The van der Waals surface area contributed by atoms with Crippen LogP contribution in [0.3, 0.4) is 0 Å². The normalized spacial score (nSPS) is 10.6. The number of benzene rings is 3. The summed E-state index contributed by atoms with van der Waals surface area (Å²) < 4.78 is 6.13. The van der Waals surface area contributed by atoms with Crippen molar-refractivity contribution in [2.24, 2.45) is 0 Å². The van der Waals surface area contributed by atoms with E-state index in [2.05, 4.69) is 12.1 Å². The molecule has 3 aromatic carbocycles. The van der Waals surface area contributed by atoms with E-state index in [1.807, 2.05) is 72.8 Å². The van der Waals surface area contributed by atoms with Gasteiger partial charge in [0.05, 0.1) is 11.6 Å². The van der Waals surface area contributed by atoms with Gasteiger partial charge in [0.2, 0.25) is 0 Å². The van der Waals surface area contributed by atoms with Crippen LogP contribution < -0.4 is 0 Å². The van der Waals surface area contributed by atoms with Crippen molar-refractivity contribution >= 4 is 11.0 Å². The summed E-state index contributed by atoms with van der Waals surface area (Å²) in [6.07, 6.45) is 0. The van der Waals surface area contributed by atoms with E-state index in [0.29, 0.717) is 5.56 Å². The first-order chi connectivity index (χ1) is 11.4. The minimum Gasteiger partial charge on any atom is -0.455 e. The molecule has 0 amide bonds. The maximum atomic E-state index is 8.99. The minimum atomic E-state index is 0.655. The predicted molar refractivity (Wildman–Crippen MR) is 91.8 cm³/mol. The standard InChI is InChI=1S/C21H13NO/c22-14-15-10-12-16(13-11-15)20-18-8-4-5-9-19(18)23-21(20)17-6-2-1-3-7-17/h1-13H. The molecule has 4 rings (SSSR count). The zero-order chi connectivity index (χ0) is 15.6. The molecule has 0 atom stereocenters. The van der Waals surface area contributed by atoms with Crippen molar-refractivity contribution in [3.8, 4) is 28.5 Å². The lowest BCUT2D eigenvalue weighted by molar-refractivity contribution is 0.632. The van der Waals surface area contributed by atoms with Gasteiger partial charge in [0.15, 0.2) is 0 Å². The van der Waals surface area contributed by atoms with Crippen molar-refractivity contribution in [2.75, 3.05) is 0 Å². The summed E-state index contributed by atoms with van der Waals surface area (Å²) in [6, 6.07) is 27.9. The molecule has 0 unspecified atom stereocenters. The van der Waals surface area contributed by atoms with E-state index in [4.69, 9.17) is 9.68 Å². The number of nitriles is 1.